The van der Waals surface area contributed by atoms with Crippen molar-refractivity contribution in [2.24, 2.45) is 0 Å². The first kappa shape index (κ1) is 7.91. The van der Waals surface area contributed by atoms with E-state index >= 15 is 0 Å². The van der Waals surface area contributed by atoms with Crippen molar-refractivity contribution in [3.8, 4) is 0 Å². The molecule has 0 amide bonds. The molecule has 2 atom stereocenters. The van der Waals surface area contributed by atoms with E-state index in [1.807, 2.05) is 11.3 Å². The van der Waals surface area contributed by atoms with Gasteiger partial charge in [0.25, 0.3) is 0 Å². The molecule has 3 rings (SSSR count). The topological polar surface area (TPSA) is 38.1 Å². The van der Waals surface area contributed by atoms with Gasteiger partial charge in [0.2, 0.25) is 0 Å². The SMILES string of the molecule is CC1c2nc(C3CN3)sc2CN1C. The monoisotopic (exact) mass is 195 g/mol. The quantitative estimate of drug-likeness (QED) is 0.686. The molecule has 1 aromatic heterocycles. The van der Waals surface area contributed by atoms with E-state index in [9.17, 15) is 0 Å². The minimum Gasteiger partial charge on any atom is -0.305 e. The molecule has 1 fully saturated rings. The van der Waals surface area contributed by atoms with Crippen LogP contribution in [0.3, 0.4) is 0 Å². The van der Waals surface area contributed by atoms with Crippen LogP contribution in [-0.2, 0) is 6.54 Å². The van der Waals surface area contributed by atoms with E-state index in [0.717, 1.165) is 13.1 Å². The van der Waals surface area contributed by atoms with Crippen molar-refractivity contribution in [3.05, 3.63) is 15.6 Å². The average molecular weight is 195 g/mol. The van der Waals surface area contributed by atoms with Crippen molar-refractivity contribution in [2.75, 3.05) is 13.6 Å². The third-order valence-corrected chi connectivity index (χ3v) is 4.07. The Morgan fingerprint density at radius 2 is 2.38 bits per heavy atom. The number of aromatic nitrogens is 1. The first-order chi connectivity index (χ1) is 6.25. The maximum atomic E-state index is 4.70. The molecule has 4 heteroatoms. The maximum Gasteiger partial charge on any atom is 0.112 e. The van der Waals surface area contributed by atoms with Gasteiger partial charge in [-0.15, -0.1) is 11.3 Å². The van der Waals surface area contributed by atoms with Crippen LogP contribution in [0.25, 0.3) is 0 Å². The van der Waals surface area contributed by atoms with Gasteiger partial charge in [-0.25, -0.2) is 4.98 Å². The van der Waals surface area contributed by atoms with E-state index in [0.29, 0.717) is 12.1 Å². The summed E-state index contributed by atoms with van der Waals surface area (Å²) in [5.74, 6) is 0. The van der Waals surface area contributed by atoms with Gasteiger partial charge >= 0.3 is 0 Å². The summed E-state index contributed by atoms with van der Waals surface area (Å²) in [6.07, 6.45) is 0. The molecule has 1 aromatic rings. The molecule has 2 aliphatic heterocycles. The Labute approximate surface area is 81.8 Å². The second kappa shape index (κ2) is 2.53. The van der Waals surface area contributed by atoms with Crippen LogP contribution in [0, 0.1) is 0 Å². The highest BCUT2D eigenvalue weighted by atomic mass is 32.1. The van der Waals surface area contributed by atoms with Crippen LogP contribution in [0.2, 0.25) is 0 Å². The lowest BCUT2D eigenvalue weighted by Gasteiger charge is -2.13. The summed E-state index contributed by atoms with van der Waals surface area (Å²) < 4.78 is 0. The zero-order valence-corrected chi connectivity index (χ0v) is 8.69. The number of nitrogens with zero attached hydrogens (tertiary/aromatic N) is 2. The first-order valence-electron chi connectivity index (χ1n) is 4.69. The van der Waals surface area contributed by atoms with E-state index in [2.05, 4.69) is 24.2 Å². The largest absolute Gasteiger partial charge is 0.305 e. The summed E-state index contributed by atoms with van der Waals surface area (Å²) >= 11 is 1.88. The second-order valence-electron chi connectivity index (χ2n) is 3.91. The zero-order chi connectivity index (χ0) is 9.00. The highest BCUT2D eigenvalue weighted by Gasteiger charge is 2.32. The third kappa shape index (κ3) is 1.13. The molecule has 1 saturated heterocycles. The molecule has 2 aliphatic rings. The predicted molar refractivity (Wildman–Crippen MR) is 52.7 cm³/mol. The van der Waals surface area contributed by atoms with Gasteiger partial charge in [-0.3, -0.25) is 4.90 Å². The van der Waals surface area contributed by atoms with Crippen molar-refractivity contribution in [1.29, 1.82) is 0 Å². The van der Waals surface area contributed by atoms with Gasteiger partial charge in [0, 0.05) is 18.0 Å². The normalized spacial score (nSPS) is 32.2. The number of thiazole rings is 1. The number of hydrogen-bond donors (Lipinski definition) is 1. The molecule has 13 heavy (non-hydrogen) atoms. The Morgan fingerprint density at radius 1 is 1.62 bits per heavy atom. The zero-order valence-electron chi connectivity index (χ0n) is 7.87. The van der Waals surface area contributed by atoms with Gasteiger partial charge in [-0.2, -0.15) is 0 Å². The molecule has 0 aliphatic carbocycles. The molecule has 70 valence electrons. The minimum absolute atomic E-state index is 0.513. The molecule has 3 heterocycles. The van der Waals surface area contributed by atoms with Crippen LogP contribution in [0.4, 0.5) is 0 Å². The van der Waals surface area contributed by atoms with E-state index in [4.69, 9.17) is 4.98 Å². The molecule has 3 nitrogen and oxygen atoms in total. The van der Waals surface area contributed by atoms with Crippen molar-refractivity contribution in [2.45, 2.75) is 25.6 Å². The van der Waals surface area contributed by atoms with Crippen LogP contribution in [0.1, 0.15) is 34.6 Å². The standard InChI is InChI=1S/C9H13N3S/c1-5-8-7(4-12(5)2)13-9(11-8)6-3-10-6/h5-6,10H,3-4H2,1-2H3. The molecular formula is C9H13N3S. The molecule has 0 saturated carbocycles. The summed E-state index contributed by atoms with van der Waals surface area (Å²) in [6, 6.07) is 1.09. The average Bonchev–Trinajstić information content (AvgIpc) is 2.82. The Bertz CT molecular complexity index is 343. The second-order valence-corrected chi connectivity index (χ2v) is 5.03. The lowest BCUT2D eigenvalue weighted by molar-refractivity contribution is 0.284. The summed E-state index contributed by atoms with van der Waals surface area (Å²) in [6.45, 7) is 4.44. The molecule has 1 N–H and O–H groups in total. The Kier molecular flexibility index (Phi) is 1.54. The van der Waals surface area contributed by atoms with Crippen LogP contribution in [-0.4, -0.2) is 23.5 Å². The van der Waals surface area contributed by atoms with Gasteiger partial charge < -0.3 is 5.32 Å². The summed E-state index contributed by atoms with van der Waals surface area (Å²) in [5, 5.41) is 4.60. The van der Waals surface area contributed by atoms with E-state index in [1.54, 1.807) is 0 Å². The van der Waals surface area contributed by atoms with Crippen molar-refractivity contribution >= 4 is 11.3 Å². The van der Waals surface area contributed by atoms with E-state index in [-0.39, 0.29) is 0 Å². The fraction of sp³-hybridized carbons (Fsp3) is 0.667. The van der Waals surface area contributed by atoms with Crippen LogP contribution in [0.5, 0.6) is 0 Å². The number of nitrogens with one attached hydrogen (secondary N) is 1. The molecular weight excluding hydrogens is 182 g/mol. The number of hydrogen-bond acceptors (Lipinski definition) is 4. The summed E-state index contributed by atoms with van der Waals surface area (Å²) in [7, 11) is 2.16. The van der Waals surface area contributed by atoms with Crippen LogP contribution in [0.15, 0.2) is 0 Å². The lowest BCUT2D eigenvalue weighted by Crippen LogP contribution is -2.14. The van der Waals surface area contributed by atoms with Crippen molar-refractivity contribution in [3.63, 3.8) is 0 Å². The predicted octanol–water partition coefficient (Wildman–Crippen LogP) is 1.29. The molecule has 0 spiro atoms. The van der Waals surface area contributed by atoms with E-state index < -0.39 is 0 Å². The molecule has 0 bridgehead atoms. The van der Waals surface area contributed by atoms with Gasteiger partial charge in [-0.1, -0.05) is 0 Å². The fourth-order valence-electron chi connectivity index (χ4n) is 1.78. The maximum absolute atomic E-state index is 4.70. The Balaban J connectivity index is 1.98. The van der Waals surface area contributed by atoms with Crippen LogP contribution >= 0.6 is 11.3 Å². The van der Waals surface area contributed by atoms with Gasteiger partial charge in [-0.05, 0) is 14.0 Å². The van der Waals surface area contributed by atoms with Crippen molar-refractivity contribution < 1.29 is 0 Å². The summed E-state index contributed by atoms with van der Waals surface area (Å²) in [5.41, 5.74) is 1.32. The van der Waals surface area contributed by atoms with Gasteiger partial charge in [0.05, 0.1) is 17.8 Å². The minimum atomic E-state index is 0.513. The Hall–Kier alpha value is -0.450. The molecule has 0 aromatic carbocycles. The third-order valence-electron chi connectivity index (χ3n) is 2.90. The Morgan fingerprint density at radius 3 is 3.00 bits per heavy atom. The smallest absolute Gasteiger partial charge is 0.112 e. The summed E-state index contributed by atoms with van der Waals surface area (Å²) in [4.78, 5) is 8.52. The molecule has 0 radical (unpaired) electrons. The molecule has 2 unspecified atom stereocenters. The van der Waals surface area contributed by atoms with Gasteiger partial charge in [0.15, 0.2) is 0 Å². The fourth-order valence-corrected chi connectivity index (χ4v) is 3.07. The number of rotatable bonds is 1. The highest BCUT2D eigenvalue weighted by Crippen LogP contribution is 2.38. The van der Waals surface area contributed by atoms with Gasteiger partial charge in [0.1, 0.15) is 5.01 Å². The van der Waals surface area contributed by atoms with E-state index in [1.165, 1.54) is 15.6 Å². The van der Waals surface area contributed by atoms with Crippen molar-refractivity contribution in [1.82, 2.24) is 15.2 Å². The first-order valence-corrected chi connectivity index (χ1v) is 5.50. The van der Waals surface area contributed by atoms with Crippen LogP contribution < -0.4 is 5.32 Å². The number of fused-ring (bicyclic) bond motifs is 1. The lowest BCUT2D eigenvalue weighted by atomic mass is 10.3. The highest BCUT2D eigenvalue weighted by molar-refractivity contribution is 7.11.